The molecule has 3 saturated heterocycles. The van der Waals surface area contributed by atoms with E-state index in [2.05, 4.69) is 25.9 Å². The third-order valence-corrected chi connectivity index (χ3v) is 9.24. The van der Waals surface area contributed by atoms with Gasteiger partial charge in [0.15, 0.2) is 0 Å². The summed E-state index contributed by atoms with van der Waals surface area (Å²) >= 11 is 1.68. The summed E-state index contributed by atoms with van der Waals surface area (Å²) in [7, 11) is 0. The van der Waals surface area contributed by atoms with Crippen molar-refractivity contribution < 1.29 is 33.4 Å². The zero-order chi connectivity index (χ0) is 33.9. The summed E-state index contributed by atoms with van der Waals surface area (Å²) in [5.41, 5.74) is 0.813. The zero-order valence-electron chi connectivity index (χ0n) is 27.5. The number of hydrogen-bond acceptors (Lipinski definition) is 10. The summed E-state index contributed by atoms with van der Waals surface area (Å²) in [6, 6.07) is 12.2. The van der Waals surface area contributed by atoms with Gasteiger partial charge >= 0.3 is 6.09 Å². The predicted molar refractivity (Wildman–Crippen MR) is 177 cm³/mol. The monoisotopic (exact) mass is 665 g/mol. The van der Waals surface area contributed by atoms with Crippen LogP contribution in [0.4, 0.5) is 10.5 Å². The predicted octanol–water partition coefficient (Wildman–Crippen LogP) is 4.38. The highest BCUT2D eigenvalue weighted by molar-refractivity contribution is 7.97. The van der Waals surface area contributed by atoms with Crippen molar-refractivity contribution in [1.82, 2.24) is 19.8 Å². The summed E-state index contributed by atoms with van der Waals surface area (Å²) in [5.74, 6) is -1.27. The van der Waals surface area contributed by atoms with Gasteiger partial charge in [0.1, 0.15) is 23.5 Å². The smallest absolute Gasteiger partial charge is 0.407 e. The molecule has 3 fully saturated rings. The molecule has 0 radical (unpaired) electrons. The van der Waals surface area contributed by atoms with Crippen LogP contribution in [0.5, 0.6) is 5.75 Å². The Morgan fingerprint density at radius 2 is 1.64 bits per heavy atom. The minimum absolute atomic E-state index is 0.0366. The Bertz CT molecular complexity index is 1530. The third-order valence-electron chi connectivity index (χ3n) is 8.15. The summed E-state index contributed by atoms with van der Waals surface area (Å²) in [5, 5.41) is 5.19. The number of rotatable bonds is 7. The molecular formula is C34H43N5O7S. The van der Waals surface area contributed by atoms with Crippen LogP contribution < -0.4 is 20.3 Å². The lowest BCUT2D eigenvalue weighted by Crippen LogP contribution is -2.54. The summed E-state index contributed by atoms with van der Waals surface area (Å²) in [6.45, 7) is 12.5. The Kier molecular flexibility index (Phi) is 10.5. The first-order valence-electron chi connectivity index (χ1n) is 16.2. The van der Waals surface area contributed by atoms with Crippen molar-refractivity contribution in [2.45, 2.75) is 89.0 Å². The molecule has 0 saturated carbocycles. The maximum absolute atomic E-state index is 13.2. The SMILES string of the molecule is CC.CC(C)(C)OC(=O)NC1CCN(Sc2cccc(OC3CN(c4ccc5c(c4)C(=O)N(C4CCC(=O)NC4=O)C5=O)C3)c2)CC1. The van der Waals surface area contributed by atoms with E-state index >= 15 is 0 Å². The number of fused-ring (bicyclic) bond motifs is 1. The number of amides is 5. The van der Waals surface area contributed by atoms with Gasteiger partial charge in [-0.05, 0) is 88.4 Å². The van der Waals surface area contributed by atoms with E-state index in [9.17, 15) is 24.0 Å². The second-order valence-electron chi connectivity index (χ2n) is 12.7. The van der Waals surface area contributed by atoms with Crippen LogP contribution in [-0.2, 0) is 14.3 Å². The molecule has 0 bridgehead atoms. The van der Waals surface area contributed by atoms with E-state index in [0.717, 1.165) is 47.2 Å². The van der Waals surface area contributed by atoms with E-state index in [1.807, 2.05) is 52.8 Å². The number of piperidine rings is 2. The fourth-order valence-electron chi connectivity index (χ4n) is 5.89. The standard InChI is InChI=1S/C32H37N5O7S.C2H6/c1-32(2,3)44-31(42)33-19-11-13-36(14-12-19)45-23-6-4-5-21(16-23)43-22-17-35(18-22)20-7-8-24-25(15-20)30(41)37(29(24)40)26-9-10-27(38)34-28(26)39;1-2/h4-8,15-16,19,22,26H,9-14,17-18H2,1-3H3,(H,33,42)(H,34,38,39);1-2H3. The lowest BCUT2D eigenvalue weighted by Gasteiger charge is -2.40. The Morgan fingerprint density at radius 1 is 0.936 bits per heavy atom. The number of anilines is 1. The van der Waals surface area contributed by atoms with E-state index in [1.54, 1.807) is 30.1 Å². The molecule has 13 heteroatoms. The van der Waals surface area contributed by atoms with Crippen molar-refractivity contribution in [3.8, 4) is 5.75 Å². The number of benzene rings is 2. The maximum atomic E-state index is 13.2. The molecule has 4 aliphatic rings. The molecule has 4 heterocycles. The molecule has 12 nitrogen and oxygen atoms in total. The molecule has 2 N–H and O–H groups in total. The molecule has 2 aromatic rings. The number of imide groups is 2. The Hall–Kier alpha value is -4.10. The van der Waals surface area contributed by atoms with Crippen LogP contribution in [0.1, 0.15) is 81.0 Å². The molecule has 5 amide bonds. The van der Waals surface area contributed by atoms with Crippen LogP contribution in [0, 0.1) is 0 Å². The van der Waals surface area contributed by atoms with Gasteiger partial charge in [0, 0.05) is 36.1 Å². The molecule has 1 atom stereocenters. The average molecular weight is 666 g/mol. The lowest BCUT2D eigenvalue weighted by atomic mass is 10.0. The quantitative estimate of drug-likeness (QED) is 0.324. The summed E-state index contributed by atoms with van der Waals surface area (Å²) in [4.78, 5) is 66.2. The van der Waals surface area contributed by atoms with Gasteiger partial charge in [-0.3, -0.25) is 29.4 Å². The van der Waals surface area contributed by atoms with E-state index in [1.165, 1.54) is 0 Å². The lowest BCUT2D eigenvalue weighted by molar-refractivity contribution is -0.136. The van der Waals surface area contributed by atoms with Gasteiger partial charge in [-0.2, -0.15) is 0 Å². The van der Waals surface area contributed by atoms with Crippen molar-refractivity contribution in [3.63, 3.8) is 0 Å². The third kappa shape index (κ3) is 8.07. The highest BCUT2D eigenvalue weighted by atomic mass is 32.2. The number of carbonyl (C=O) groups is 5. The van der Waals surface area contributed by atoms with Crippen molar-refractivity contribution in [2.24, 2.45) is 0 Å². The molecule has 0 aliphatic carbocycles. The Labute approximate surface area is 279 Å². The van der Waals surface area contributed by atoms with Gasteiger partial charge in [0.25, 0.3) is 11.8 Å². The normalized spacial score (nSPS) is 20.6. The molecule has 0 aromatic heterocycles. The Morgan fingerprint density at radius 3 is 2.32 bits per heavy atom. The van der Waals surface area contributed by atoms with Crippen LogP contribution in [0.2, 0.25) is 0 Å². The number of alkyl carbamates (subject to hydrolysis) is 1. The second kappa shape index (κ2) is 14.3. The molecule has 6 rings (SSSR count). The van der Waals surface area contributed by atoms with Gasteiger partial charge in [0.2, 0.25) is 11.8 Å². The molecule has 1 unspecified atom stereocenters. The van der Waals surface area contributed by atoms with Gasteiger partial charge in [-0.15, -0.1) is 0 Å². The average Bonchev–Trinajstić information content (AvgIpc) is 3.24. The van der Waals surface area contributed by atoms with Crippen LogP contribution in [0.3, 0.4) is 0 Å². The van der Waals surface area contributed by atoms with Crippen molar-refractivity contribution >= 4 is 47.4 Å². The van der Waals surface area contributed by atoms with Crippen molar-refractivity contribution in [2.75, 3.05) is 31.1 Å². The number of carbonyl (C=O) groups excluding carboxylic acids is 5. The molecule has 47 heavy (non-hydrogen) atoms. The van der Waals surface area contributed by atoms with Crippen LogP contribution in [-0.4, -0.2) is 88.9 Å². The minimum atomic E-state index is -0.984. The number of nitrogens with one attached hydrogen (secondary N) is 2. The topological polar surface area (TPSA) is 138 Å². The molecule has 0 spiro atoms. The molecular weight excluding hydrogens is 622 g/mol. The summed E-state index contributed by atoms with van der Waals surface area (Å²) in [6.07, 6.45) is 1.49. The largest absolute Gasteiger partial charge is 0.487 e. The van der Waals surface area contributed by atoms with E-state index in [-0.39, 0.29) is 42.2 Å². The fourth-order valence-corrected chi connectivity index (χ4v) is 6.89. The Balaban J connectivity index is 0.00000213. The molecule has 4 aliphatic heterocycles. The van der Waals surface area contributed by atoms with Gasteiger partial charge in [-0.25, -0.2) is 9.10 Å². The van der Waals surface area contributed by atoms with Crippen molar-refractivity contribution in [3.05, 3.63) is 53.6 Å². The van der Waals surface area contributed by atoms with Gasteiger partial charge in [-0.1, -0.05) is 19.9 Å². The van der Waals surface area contributed by atoms with Gasteiger partial charge < -0.3 is 19.7 Å². The van der Waals surface area contributed by atoms with Crippen LogP contribution in [0.25, 0.3) is 0 Å². The van der Waals surface area contributed by atoms with Gasteiger partial charge in [0.05, 0.1) is 24.2 Å². The zero-order valence-corrected chi connectivity index (χ0v) is 28.4. The van der Waals surface area contributed by atoms with E-state index < -0.39 is 35.3 Å². The fraction of sp³-hybridized carbons (Fsp3) is 0.500. The van der Waals surface area contributed by atoms with E-state index in [4.69, 9.17) is 9.47 Å². The highest BCUT2D eigenvalue weighted by Gasteiger charge is 2.45. The number of ether oxygens (including phenoxy) is 2. The highest BCUT2D eigenvalue weighted by Crippen LogP contribution is 2.34. The molecule has 2 aromatic carbocycles. The van der Waals surface area contributed by atoms with Crippen LogP contribution in [0.15, 0.2) is 47.4 Å². The minimum Gasteiger partial charge on any atom is -0.487 e. The first-order valence-corrected chi connectivity index (χ1v) is 17.0. The summed E-state index contributed by atoms with van der Waals surface area (Å²) < 4.78 is 13.9. The maximum Gasteiger partial charge on any atom is 0.407 e. The second-order valence-corrected chi connectivity index (χ2v) is 13.9. The first kappa shape index (κ1) is 34.2. The number of hydrogen-bond donors (Lipinski definition) is 2. The first-order chi connectivity index (χ1) is 22.4. The number of nitrogens with zero attached hydrogens (tertiary/aromatic N) is 3. The molecule has 252 valence electrons. The van der Waals surface area contributed by atoms with E-state index in [0.29, 0.717) is 13.1 Å². The van der Waals surface area contributed by atoms with Crippen LogP contribution >= 0.6 is 11.9 Å². The van der Waals surface area contributed by atoms with Crippen molar-refractivity contribution in [1.29, 1.82) is 0 Å².